The Labute approximate surface area is 102 Å². The molecule has 0 aliphatic carbocycles. The molecular formula is C12H11N3O3. The van der Waals surface area contributed by atoms with Crippen LogP contribution in [0.5, 0.6) is 0 Å². The molecule has 3 atom stereocenters. The minimum absolute atomic E-state index is 0.0201. The maximum atomic E-state index is 11.8. The molecule has 2 aliphatic rings. The minimum atomic E-state index is -0.666. The van der Waals surface area contributed by atoms with Crippen molar-refractivity contribution in [1.82, 2.24) is 15.0 Å². The van der Waals surface area contributed by atoms with Crippen molar-refractivity contribution in [3.05, 3.63) is 24.3 Å². The molecule has 2 aliphatic heterocycles. The molecule has 0 unspecified atom stereocenters. The van der Waals surface area contributed by atoms with Crippen LogP contribution in [0.25, 0.3) is 11.0 Å². The van der Waals surface area contributed by atoms with E-state index in [1.165, 1.54) is 0 Å². The Bertz CT molecular complexity index is 624. The number of rotatable bonds is 1. The Kier molecular flexibility index (Phi) is 2.03. The second-order valence-corrected chi connectivity index (χ2v) is 4.60. The van der Waals surface area contributed by atoms with E-state index >= 15 is 0 Å². The summed E-state index contributed by atoms with van der Waals surface area (Å²) in [7, 11) is 0. The molecule has 6 heteroatoms. The zero-order valence-corrected chi connectivity index (χ0v) is 9.52. The van der Waals surface area contributed by atoms with Crippen LogP contribution in [0.15, 0.2) is 24.3 Å². The van der Waals surface area contributed by atoms with Crippen molar-refractivity contribution in [3.63, 3.8) is 0 Å². The van der Waals surface area contributed by atoms with Crippen LogP contribution in [0, 0.1) is 0 Å². The molecule has 0 amide bonds. The average Bonchev–Trinajstić information content (AvgIpc) is 3.00. The lowest BCUT2D eigenvalue weighted by Gasteiger charge is -2.26. The fourth-order valence-electron chi connectivity index (χ4n) is 2.60. The molecule has 92 valence electrons. The third-order valence-corrected chi connectivity index (χ3v) is 3.50. The molecular weight excluding hydrogens is 234 g/mol. The van der Waals surface area contributed by atoms with E-state index in [0.29, 0.717) is 13.0 Å². The van der Waals surface area contributed by atoms with Gasteiger partial charge in [0.25, 0.3) is 0 Å². The largest absolute Gasteiger partial charge is 0.343 e. The predicted molar refractivity (Wildman–Crippen MR) is 60.8 cm³/mol. The van der Waals surface area contributed by atoms with Gasteiger partial charge in [-0.05, 0) is 12.1 Å². The monoisotopic (exact) mass is 245 g/mol. The van der Waals surface area contributed by atoms with E-state index in [4.69, 9.17) is 9.47 Å². The fraction of sp³-hybridized carbons (Fsp3) is 0.417. The Morgan fingerprint density at radius 1 is 1.33 bits per heavy atom. The summed E-state index contributed by atoms with van der Waals surface area (Å²) < 4.78 is 12.6. The maximum Gasteiger partial charge on any atom is 0.218 e. The van der Waals surface area contributed by atoms with Crippen LogP contribution in [0.3, 0.4) is 0 Å². The van der Waals surface area contributed by atoms with Gasteiger partial charge in [0.15, 0.2) is 5.78 Å². The highest BCUT2D eigenvalue weighted by Crippen LogP contribution is 2.33. The van der Waals surface area contributed by atoms with E-state index < -0.39 is 6.29 Å². The number of carbonyl (C=O) groups excluding carboxylic acids is 1. The standard InChI is InChI=1S/C12H11N3O3/c16-10-5-9(11-6-17-12(10)18-11)15-8-4-2-1-3-7(8)13-14-15/h1-4,9,11-12H,5-6H2/t9-,11-,12+/m1/s1. The smallest absolute Gasteiger partial charge is 0.218 e. The van der Waals surface area contributed by atoms with Gasteiger partial charge in [-0.25, -0.2) is 4.68 Å². The summed E-state index contributed by atoms with van der Waals surface area (Å²) in [6, 6.07) is 7.57. The van der Waals surface area contributed by atoms with E-state index in [-0.39, 0.29) is 17.9 Å². The number of ether oxygens (including phenoxy) is 2. The lowest BCUT2D eigenvalue weighted by molar-refractivity contribution is -0.156. The fourth-order valence-corrected chi connectivity index (χ4v) is 2.60. The lowest BCUT2D eigenvalue weighted by atomic mass is 10.0. The van der Waals surface area contributed by atoms with Gasteiger partial charge in [0.1, 0.15) is 11.6 Å². The average molecular weight is 245 g/mol. The number of nitrogens with zero attached hydrogens (tertiary/aromatic N) is 3. The van der Waals surface area contributed by atoms with Crippen molar-refractivity contribution in [2.45, 2.75) is 24.9 Å². The molecule has 6 nitrogen and oxygen atoms in total. The quantitative estimate of drug-likeness (QED) is 0.739. The summed E-state index contributed by atoms with van der Waals surface area (Å²) in [5.41, 5.74) is 1.75. The molecule has 1 aromatic heterocycles. The number of hydrogen-bond acceptors (Lipinski definition) is 5. The first-order chi connectivity index (χ1) is 8.83. The van der Waals surface area contributed by atoms with Gasteiger partial charge >= 0.3 is 0 Å². The third-order valence-electron chi connectivity index (χ3n) is 3.50. The van der Waals surface area contributed by atoms with E-state index in [1.807, 2.05) is 24.3 Å². The highest BCUT2D eigenvalue weighted by atomic mass is 16.7. The highest BCUT2D eigenvalue weighted by Gasteiger charge is 2.44. The van der Waals surface area contributed by atoms with Crippen molar-refractivity contribution in [1.29, 1.82) is 0 Å². The second-order valence-electron chi connectivity index (χ2n) is 4.60. The number of para-hydroxylation sites is 1. The molecule has 3 heterocycles. The van der Waals surface area contributed by atoms with Crippen molar-refractivity contribution < 1.29 is 14.3 Å². The molecule has 2 aromatic rings. The van der Waals surface area contributed by atoms with E-state index in [0.717, 1.165) is 11.0 Å². The number of Topliss-reactive ketones (excluding diaryl/α,β-unsaturated/α-hetero) is 1. The Morgan fingerprint density at radius 3 is 3.17 bits per heavy atom. The number of aromatic nitrogens is 3. The maximum absolute atomic E-state index is 11.8. The number of hydrogen-bond donors (Lipinski definition) is 0. The van der Waals surface area contributed by atoms with Crippen molar-refractivity contribution >= 4 is 16.8 Å². The normalized spacial score (nSPS) is 31.1. The molecule has 0 radical (unpaired) electrons. The summed E-state index contributed by atoms with van der Waals surface area (Å²) >= 11 is 0. The molecule has 0 spiro atoms. The van der Waals surface area contributed by atoms with Crippen LogP contribution in [-0.4, -0.2) is 39.8 Å². The SMILES string of the molecule is O=C1C[C@@H](n2nnc3ccccc32)[C@H]2CO[C@H]1O2. The Balaban J connectivity index is 1.80. The van der Waals surface area contributed by atoms with E-state index in [9.17, 15) is 4.79 Å². The zero-order valence-electron chi connectivity index (χ0n) is 9.52. The van der Waals surface area contributed by atoms with Crippen molar-refractivity contribution in [2.75, 3.05) is 6.61 Å². The first kappa shape index (κ1) is 10.2. The van der Waals surface area contributed by atoms with E-state index in [2.05, 4.69) is 10.3 Å². The van der Waals surface area contributed by atoms with Gasteiger partial charge < -0.3 is 9.47 Å². The van der Waals surface area contributed by atoms with Crippen molar-refractivity contribution in [2.24, 2.45) is 0 Å². The lowest BCUT2D eigenvalue weighted by Crippen LogP contribution is -2.37. The number of fused-ring (bicyclic) bond motifs is 3. The van der Waals surface area contributed by atoms with Gasteiger partial charge in [0.2, 0.25) is 6.29 Å². The van der Waals surface area contributed by atoms with Crippen LogP contribution in [0.4, 0.5) is 0 Å². The summed E-state index contributed by atoms with van der Waals surface area (Å²) in [4.78, 5) is 11.8. The van der Waals surface area contributed by atoms with Gasteiger partial charge in [-0.1, -0.05) is 17.3 Å². The number of benzene rings is 1. The second kappa shape index (κ2) is 3.60. The van der Waals surface area contributed by atoms with Crippen LogP contribution >= 0.6 is 0 Å². The predicted octanol–water partition coefficient (Wildman–Crippen LogP) is 0.687. The number of carbonyl (C=O) groups is 1. The van der Waals surface area contributed by atoms with Crippen LogP contribution in [-0.2, 0) is 14.3 Å². The molecule has 0 saturated carbocycles. The third kappa shape index (κ3) is 1.33. The van der Waals surface area contributed by atoms with E-state index in [1.54, 1.807) is 4.68 Å². The number of ketones is 1. The molecule has 18 heavy (non-hydrogen) atoms. The van der Waals surface area contributed by atoms with Gasteiger partial charge in [-0.3, -0.25) is 4.79 Å². The summed E-state index contributed by atoms with van der Waals surface area (Å²) in [5, 5.41) is 8.26. The summed E-state index contributed by atoms with van der Waals surface area (Å²) in [5.74, 6) is -0.0201. The first-order valence-electron chi connectivity index (χ1n) is 5.92. The summed E-state index contributed by atoms with van der Waals surface area (Å²) in [6.45, 7) is 0.440. The molecule has 1 aromatic carbocycles. The topological polar surface area (TPSA) is 66.2 Å². The van der Waals surface area contributed by atoms with Gasteiger partial charge in [-0.15, -0.1) is 5.10 Å². The first-order valence-corrected chi connectivity index (χ1v) is 5.92. The molecule has 2 bridgehead atoms. The van der Waals surface area contributed by atoms with Gasteiger partial charge in [0, 0.05) is 6.42 Å². The summed E-state index contributed by atoms with van der Waals surface area (Å²) in [6.07, 6.45) is -0.387. The van der Waals surface area contributed by atoms with Gasteiger partial charge in [0.05, 0.1) is 18.2 Å². The van der Waals surface area contributed by atoms with Crippen LogP contribution < -0.4 is 0 Å². The van der Waals surface area contributed by atoms with Gasteiger partial charge in [-0.2, -0.15) is 0 Å². The Hall–Kier alpha value is -1.79. The Morgan fingerprint density at radius 2 is 2.22 bits per heavy atom. The van der Waals surface area contributed by atoms with Crippen LogP contribution in [0.2, 0.25) is 0 Å². The highest BCUT2D eigenvalue weighted by molar-refractivity contribution is 5.84. The molecule has 0 N–H and O–H groups in total. The zero-order chi connectivity index (χ0) is 12.1. The van der Waals surface area contributed by atoms with Crippen molar-refractivity contribution in [3.8, 4) is 0 Å². The molecule has 4 rings (SSSR count). The molecule has 2 saturated heterocycles. The molecule has 2 fully saturated rings. The van der Waals surface area contributed by atoms with Crippen LogP contribution in [0.1, 0.15) is 12.5 Å². The minimum Gasteiger partial charge on any atom is -0.343 e.